The van der Waals surface area contributed by atoms with E-state index in [0.717, 1.165) is 12.8 Å². The lowest BCUT2D eigenvalue weighted by molar-refractivity contribution is -0.161. The van der Waals surface area contributed by atoms with Crippen LogP contribution in [-0.2, 0) is 4.79 Å². The number of carbonyl (C=O) groups is 1. The molecule has 0 aliphatic carbocycles. The zero-order valence-electron chi connectivity index (χ0n) is 10.2. The van der Waals surface area contributed by atoms with Crippen molar-refractivity contribution in [1.29, 1.82) is 0 Å². The summed E-state index contributed by atoms with van der Waals surface area (Å²) in [6, 6.07) is 0. The molecular formula is C11H17F3N2OS. The normalized spacial score (nSPS) is 22.3. The standard InChI is InChI=1S/C11H17F3N2OS/c1-2-3-7-4-9(17)16(5-7)6-8(10(15)18)11(12,13)14/h7-8H,2-6H2,1H3,(H2,15,18). The highest BCUT2D eigenvalue weighted by Gasteiger charge is 2.44. The second-order valence-electron chi connectivity index (χ2n) is 4.65. The summed E-state index contributed by atoms with van der Waals surface area (Å²) < 4.78 is 38.1. The van der Waals surface area contributed by atoms with Crippen molar-refractivity contribution < 1.29 is 18.0 Å². The maximum Gasteiger partial charge on any atom is 0.399 e. The molecule has 2 unspecified atom stereocenters. The molecule has 18 heavy (non-hydrogen) atoms. The van der Waals surface area contributed by atoms with Crippen LogP contribution in [0.15, 0.2) is 0 Å². The van der Waals surface area contributed by atoms with E-state index in [1.54, 1.807) is 0 Å². The molecule has 1 rings (SSSR count). The topological polar surface area (TPSA) is 46.3 Å². The Hall–Kier alpha value is -0.850. The Morgan fingerprint density at radius 2 is 2.22 bits per heavy atom. The molecule has 1 amide bonds. The molecule has 0 aromatic heterocycles. The minimum absolute atomic E-state index is 0.155. The fourth-order valence-electron chi connectivity index (χ4n) is 2.21. The first kappa shape index (κ1) is 15.2. The lowest BCUT2D eigenvalue weighted by Crippen LogP contribution is -2.44. The molecule has 1 saturated heterocycles. The number of carbonyl (C=O) groups excluding carboxylic acids is 1. The van der Waals surface area contributed by atoms with Gasteiger partial charge in [-0.25, -0.2) is 0 Å². The Morgan fingerprint density at radius 1 is 1.61 bits per heavy atom. The smallest absolute Gasteiger partial charge is 0.393 e. The van der Waals surface area contributed by atoms with E-state index in [0.29, 0.717) is 13.0 Å². The molecule has 0 radical (unpaired) electrons. The fourth-order valence-corrected chi connectivity index (χ4v) is 2.42. The maximum atomic E-state index is 12.7. The van der Waals surface area contributed by atoms with Gasteiger partial charge in [0, 0.05) is 19.5 Å². The second kappa shape index (κ2) is 5.86. The third kappa shape index (κ3) is 3.83. The zero-order chi connectivity index (χ0) is 13.9. The molecule has 0 aromatic carbocycles. The van der Waals surface area contributed by atoms with Crippen LogP contribution in [0.3, 0.4) is 0 Å². The molecule has 7 heteroatoms. The van der Waals surface area contributed by atoms with E-state index in [-0.39, 0.29) is 11.8 Å². The lowest BCUT2D eigenvalue weighted by Gasteiger charge is -2.25. The quantitative estimate of drug-likeness (QED) is 0.786. The van der Waals surface area contributed by atoms with Gasteiger partial charge in [-0.2, -0.15) is 13.2 Å². The van der Waals surface area contributed by atoms with Crippen molar-refractivity contribution in [3.8, 4) is 0 Å². The van der Waals surface area contributed by atoms with Gasteiger partial charge in [-0.1, -0.05) is 25.6 Å². The third-order valence-corrected chi connectivity index (χ3v) is 3.42. The van der Waals surface area contributed by atoms with E-state index >= 15 is 0 Å². The molecular weight excluding hydrogens is 265 g/mol. The van der Waals surface area contributed by atoms with Crippen molar-refractivity contribution in [1.82, 2.24) is 4.90 Å². The van der Waals surface area contributed by atoms with Gasteiger partial charge in [-0.05, 0) is 12.3 Å². The highest BCUT2D eigenvalue weighted by atomic mass is 32.1. The average molecular weight is 282 g/mol. The van der Waals surface area contributed by atoms with Crippen molar-refractivity contribution in [2.45, 2.75) is 32.4 Å². The molecule has 1 heterocycles. The average Bonchev–Trinajstić information content (AvgIpc) is 2.54. The number of amides is 1. The fraction of sp³-hybridized carbons (Fsp3) is 0.818. The second-order valence-corrected chi connectivity index (χ2v) is 5.13. The number of alkyl halides is 3. The number of hydrogen-bond acceptors (Lipinski definition) is 2. The first-order chi connectivity index (χ1) is 8.25. The van der Waals surface area contributed by atoms with Crippen molar-refractivity contribution in [2.24, 2.45) is 17.6 Å². The molecule has 0 saturated carbocycles. The van der Waals surface area contributed by atoms with Crippen LogP contribution in [0.2, 0.25) is 0 Å². The number of rotatable bonds is 5. The zero-order valence-corrected chi connectivity index (χ0v) is 11.0. The molecule has 3 nitrogen and oxygen atoms in total. The molecule has 0 spiro atoms. The van der Waals surface area contributed by atoms with Gasteiger partial charge in [-0.15, -0.1) is 0 Å². The first-order valence-electron chi connectivity index (χ1n) is 5.89. The Balaban J connectivity index is 2.66. The van der Waals surface area contributed by atoms with E-state index in [1.807, 2.05) is 6.92 Å². The van der Waals surface area contributed by atoms with Gasteiger partial charge < -0.3 is 10.6 Å². The summed E-state index contributed by atoms with van der Waals surface area (Å²) in [5.41, 5.74) is 5.11. The van der Waals surface area contributed by atoms with E-state index in [4.69, 9.17) is 5.73 Å². The minimum Gasteiger partial charge on any atom is -0.393 e. The van der Waals surface area contributed by atoms with Gasteiger partial charge in [0.1, 0.15) is 5.92 Å². The summed E-state index contributed by atoms with van der Waals surface area (Å²) in [4.78, 5) is 12.3. The predicted molar refractivity (Wildman–Crippen MR) is 65.9 cm³/mol. The van der Waals surface area contributed by atoms with Gasteiger partial charge >= 0.3 is 6.18 Å². The van der Waals surface area contributed by atoms with Crippen LogP contribution < -0.4 is 5.73 Å². The number of nitrogens with two attached hydrogens (primary N) is 1. The van der Waals surface area contributed by atoms with E-state index < -0.39 is 23.6 Å². The summed E-state index contributed by atoms with van der Waals surface area (Å²) in [5.74, 6) is -1.99. The molecule has 1 fully saturated rings. The van der Waals surface area contributed by atoms with Crippen LogP contribution in [0.25, 0.3) is 0 Å². The Bertz CT molecular complexity index is 333. The molecule has 0 bridgehead atoms. The highest BCUT2D eigenvalue weighted by Crippen LogP contribution is 2.30. The Kier molecular flexibility index (Phi) is 4.95. The highest BCUT2D eigenvalue weighted by molar-refractivity contribution is 7.80. The van der Waals surface area contributed by atoms with Gasteiger partial charge in [-0.3, -0.25) is 4.79 Å². The molecule has 104 valence electrons. The summed E-state index contributed by atoms with van der Waals surface area (Å²) in [6.45, 7) is 1.92. The van der Waals surface area contributed by atoms with Crippen LogP contribution in [0.4, 0.5) is 13.2 Å². The SMILES string of the molecule is CCCC1CC(=O)N(CC(C(N)=S)C(F)(F)F)C1. The van der Waals surface area contributed by atoms with Crippen LogP contribution >= 0.6 is 12.2 Å². The number of nitrogens with zero attached hydrogens (tertiary/aromatic N) is 1. The van der Waals surface area contributed by atoms with E-state index in [1.165, 1.54) is 4.90 Å². The van der Waals surface area contributed by atoms with Gasteiger partial charge in [0.05, 0.1) is 4.99 Å². The van der Waals surface area contributed by atoms with Gasteiger partial charge in [0.25, 0.3) is 0 Å². The first-order valence-corrected chi connectivity index (χ1v) is 6.30. The maximum absolute atomic E-state index is 12.7. The van der Waals surface area contributed by atoms with Gasteiger partial charge in [0.2, 0.25) is 5.91 Å². The van der Waals surface area contributed by atoms with E-state index in [9.17, 15) is 18.0 Å². The van der Waals surface area contributed by atoms with Crippen LogP contribution in [0, 0.1) is 11.8 Å². The molecule has 1 aliphatic heterocycles. The Labute approximate surface area is 109 Å². The third-order valence-electron chi connectivity index (χ3n) is 3.13. The number of likely N-dealkylation sites (tertiary alicyclic amines) is 1. The number of thiocarbonyl (C=S) groups is 1. The van der Waals surface area contributed by atoms with Gasteiger partial charge in [0.15, 0.2) is 0 Å². The molecule has 1 aliphatic rings. The van der Waals surface area contributed by atoms with Crippen LogP contribution in [0.5, 0.6) is 0 Å². The summed E-state index contributed by atoms with van der Waals surface area (Å²) in [6.07, 6.45) is -2.39. The lowest BCUT2D eigenvalue weighted by atomic mass is 10.0. The van der Waals surface area contributed by atoms with Crippen molar-refractivity contribution in [2.75, 3.05) is 13.1 Å². The molecule has 0 aromatic rings. The number of hydrogen-bond donors (Lipinski definition) is 1. The minimum atomic E-state index is -4.49. The monoisotopic (exact) mass is 282 g/mol. The van der Waals surface area contributed by atoms with Crippen molar-refractivity contribution in [3.63, 3.8) is 0 Å². The van der Waals surface area contributed by atoms with Crippen molar-refractivity contribution in [3.05, 3.63) is 0 Å². The van der Waals surface area contributed by atoms with Crippen LogP contribution in [-0.4, -0.2) is 35.1 Å². The van der Waals surface area contributed by atoms with Crippen LogP contribution in [0.1, 0.15) is 26.2 Å². The summed E-state index contributed by atoms with van der Waals surface area (Å²) >= 11 is 4.44. The van der Waals surface area contributed by atoms with Crippen molar-refractivity contribution >= 4 is 23.1 Å². The van der Waals surface area contributed by atoms with E-state index in [2.05, 4.69) is 12.2 Å². The Morgan fingerprint density at radius 3 is 2.67 bits per heavy atom. The predicted octanol–water partition coefficient (Wildman–Crippen LogP) is 2.10. The summed E-state index contributed by atoms with van der Waals surface area (Å²) in [5, 5.41) is 0. The summed E-state index contributed by atoms with van der Waals surface area (Å²) in [7, 11) is 0. The molecule has 2 atom stereocenters. The molecule has 2 N–H and O–H groups in total. The number of halogens is 3. The largest absolute Gasteiger partial charge is 0.399 e.